The molecule has 1 aliphatic carbocycles. The predicted molar refractivity (Wildman–Crippen MR) is 194 cm³/mol. The maximum absolute atomic E-state index is 15.0. The number of carbonyl (C=O) groups is 1. The van der Waals surface area contributed by atoms with Crippen molar-refractivity contribution in [1.29, 1.82) is 0 Å². The Balaban J connectivity index is 1.36. The number of allylic oxidation sites excluding steroid dienone is 4. The van der Waals surface area contributed by atoms with Crippen molar-refractivity contribution in [3.8, 4) is 11.1 Å². The summed E-state index contributed by atoms with van der Waals surface area (Å²) >= 11 is 0. The molecule has 0 aromatic heterocycles. The van der Waals surface area contributed by atoms with Crippen molar-refractivity contribution in [2.24, 2.45) is 4.99 Å². The maximum atomic E-state index is 15.0. The highest BCUT2D eigenvalue weighted by molar-refractivity contribution is 6.04. The van der Waals surface area contributed by atoms with E-state index in [-0.39, 0.29) is 24.8 Å². The second kappa shape index (κ2) is 14.8. The van der Waals surface area contributed by atoms with Gasteiger partial charge in [-0.2, -0.15) is 0 Å². The van der Waals surface area contributed by atoms with E-state index < -0.39 is 5.67 Å². The van der Waals surface area contributed by atoms with E-state index in [4.69, 9.17) is 9.73 Å². The summed E-state index contributed by atoms with van der Waals surface area (Å²) in [4.78, 5) is 26.3. The van der Waals surface area contributed by atoms with E-state index in [1.54, 1.807) is 13.0 Å². The van der Waals surface area contributed by atoms with Crippen LogP contribution in [0.15, 0.2) is 108 Å². The van der Waals surface area contributed by atoms with Gasteiger partial charge in [-0.25, -0.2) is 9.38 Å². The number of rotatable bonds is 10. The van der Waals surface area contributed by atoms with E-state index in [0.29, 0.717) is 19.8 Å². The second-order valence-corrected chi connectivity index (χ2v) is 13.2. The van der Waals surface area contributed by atoms with Crippen LogP contribution in [0, 0.1) is 6.92 Å². The molecule has 48 heavy (non-hydrogen) atoms. The van der Waals surface area contributed by atoms with Gasteiger partial charge in [-0.1, -0.05) is 91.9 Å². The standard InChI is InChI=1S/C41H47FN4O2/c1-5-10-37-36-14-9-11-30(2)39(36)43-40(46(37)35-19-21-41(4,42)22-20-35)31(3)45(24-23-44-25-27-48-28-26-44)38(47)29-32-15-17-34(18-16-32)33-12-7-6-8-13-33/h6-21,31H,5,22-29H2,1-4H3/b37-10+. The van der Waals surface area contributed by atoms with Crippen molar-refractivity contribution in [3.63, 3.8) is 0 Å². The first kappa shape index (κ1) is 33.6. The number of nitrogens with zero attached hydrogens (tertiary/aromatic N) is 4. The molecule has 2 heterocycles. The van der Waals surface area contributed by atoms with Crippen molar-refractivity contribution in [3.05, 3.63) is 119 Å². The molecular formula is C41H47FN4O2. The summed E-state index contributed by atoms with van der Waals surface area (Å²) in [7, 11) is 0. The lowest BCUT2D eigenvalue weighted by molar-refractivity contribution is -0.131. The van der Waals surface area contributed by atoms with Crippen LogP contribution in [0.5, 0.6) is 0 Å². The Labute approximate surface area is 284 Å². The maximum Gasteiger partial charge on any atom is 0.227 e. The van der Waals surface area contributed by atoms with Gasteiger partial charge in [0.25, 0.3) is 0 Å². The number of benzene rings is 3. The summed E-state index contributed by atoms with van der Waals surface area (Å²) in [5.74, 6) is 0.816. The molecule has 7 heteroatoms. The second-order valence-electron chi connectivity index (χ2n) is 13.2. The Hall–Kier alpha value is -4.33. The van der Waals surface area contributed by atoms with Gasteiger partial charge in [0.1, 0.15) is 11.5 Å². The molecule has 3 aromatic carbocycles. The van der Waals surface area contributed by atoms with Gasteiger partial charge in [-0.15, -0.1) is 0 Å². The number of amides is 1. The van der Waals surface area contributed by atoms with Crippen LogP contribution in [-0.4, -0.2) is 77.5 Å². The van der Waals surface area contributed by atoms with Crippen LogP contribution >= 0.6 is 0 Å². The first-order chi connectivity index (χ1) is 23.2. The predicted octanol–water partition coefficient (Wildman–Crippen LogP) is 8.12. The van der Waals surface area contributed by atoms with Gasteiger partial charge in [0.2, 0.25) is 5.91 Å². The third kappa shape index (κ3) is 7.53. The van der Waals surface area contributed by atoms with Gasteiger partial charge in [0, 0.05) is 43.9 Å². The Morgan fingerprint density at radius 3 is 2.46 bits per heavy atom. The molecule has 250 valence electrons. The van der Waals surface area contributed by atoms with E-state index in [9.17, 15) is 9.18 Å². The third-order valence-corrected chi connectivity index (χ3v) is 9.52. The van der Waals surface area contributed by atoms with Gasteiger partial charge < -0.3 is 9.64 Å². The molecule has 1 amide bonds. The molecule has 3 aliphatic rings. The van der Waals surface area contributed by atoms with Gasteiger partial charge >= 0.3 is 0 Å². The minimum atomic E-state index is -1.40. The average molecular weight is 647 g/mol. The molecular weight excluding hydrogens is 599 g/mol. The van der Waals surface area contributed by atoms with Crippen LogP contribution in [0.3, 0.4) is 0 Å². The molecule has 0 saturated carbocycles. The van der Waals surface area contributed by atoms with Gasteiger partial charge in [0.15, 0.2) is 0 Å². The molecule has 1 saturated heterocycles. The van der Waals surface area contributed by atoms with Crippen LogP contribution in [0.1, 0.15) is 50.3 Å². The molecule has 1 fully saturated rings. The Kier molecular flexibility index (Phi) is 10.4. The zero-order valence-corrected chi connectivity index (χ0v) is 28.7. The molecule has 0 spiro atoms. The zero-order chi connectivity index (χ0) is 33.7. The number of carbonyl (C=O) groups excluding carboxylic acids is 1. The molecule has 3 aromatic rings. The Morgan fingerprint density at radius 2 is 1.77 bits per heavy atom. The number of amidine groups is 1. The molecule has 0 N–H and O–H groups in total. The van der Waals surface area contributed by atoms with E-state index in [1.807, 2.05) is 35.3 Å². The number of para-hydroxylation sites is 1. The minimum absolute atomic E-state index is 0.0481. The monoisotopic (exact) mass is 646 g/mol. The highest BCUT2D eigenvalue weighted by Gasteiger charge is 2.36. The molecule has 6 rings (SSSR count). The van der Waals surface area contributed by atoms with Crippen molar-refractivity contribution in [2.45, 2.75) is 58.7 Å². The highest BCUT2D eigenvalue weighted by Crippen LogP contribution is 2.41. The van der Waals surface area contributed by atoms with Crippen LogP contribution in [0.25, 0.3) is 16.8 Å². The smallest absolute Gasteiger partial charge is 0.227 e. The molecule has 0 bridgehead atoms. The Morgan fingerprint density at radius 1 is 1.04 bits per heavy atom. The van der Waals surface area contributed by atoms with Crippen LogP contribution in [0.2, 0.25) is 0 Å². The first-order valence-corrected chi connectivity index (χ1v) is 17.2. The summed E-state index contributed by atoms with van der Waals surface area (Å²) < 4.78 is 20.6. The number of hydrogen-bond acceptors (Lipinski definition) is 5. The molecule has 2 atom stereocenters. The lowest BCUT2D eigenvalue weighted by Crippen LogP contribution is -2.52. The number of hydrogen-bond donors (Lipinski definition) is 0. The zero-order valence-electron chi connectivity index (χ0n) is 28.7. The van der Waals surface area contributed by atoms with Crippen molar-refractivity contribution < 1.29 is 13.9 Å². The molecule has 2 unspecified atom stereocenters. The average Bonchev–Trinajstić information content (AvgIpc) is 3.10. The number of halogens is 1. The molecule has 2 aliphatic heterocycles. The van der Waals surface area contributed by atoms with Gasteiger partial charge in [0.05, 0.1) is 37.1 Å². The van der Waals surface area contributed by atoms with Crippen molar-refractivity contribution in [2.75, 3.05) is 39.4 Å². The topological polar surface area (TPSA) is 48.4 Å². The summed E-state index contributed by atoms with van der Waals surface area (Å²) in [6.45, 7) is 12.3. The van der Waals surface area contributed by atoms with E-state index in [1.165, 1.54) is 0 Å². The SMILES string of the molecule is CC/C=C1\c2cccc(C)c2N=C(C(C)N(CCN2CCOCC2)C(=O)Cc2ccc(-c3ccccc3)cc2)N1C1=CCC(C)(F)C=C1. The normalized spacial score (nSPS) is 21.0. The third-order valence-electron chi connectivity index (χ3n) is 9.52. The largest absolute Gasteiger partial charge is 0.379 e. The van der Waals surface area contributed by atoms with Gasteiger partial charge in [-0.05, 0) is 61.6 Å². The number of aliphatic imine (C=N–C) groups is 1. The fourth-order valence-electron chi connectivity index (χ4n) is 6.70. The quantitative estimate of drug-likeness (QED) is 0.223. The Bertz CT molecular complexity index is 1720. The van der Waals surface area contributed by atoms with E-state index in [2.05, 4.69) is 91.2 Å². The van der Waals surface area contributed by atoms with Gasteiger partial charge in [-0.3, -0.25) is 14.6 Å². The number of ether oxygens (including phenoxy) is 1. The van der Waals surface area contributed by atoms with E-state index in [0.717, 1.165) is 76.8 Å². The van der Waals surface area contributed by atoms with Crippen molar-refractivity contribution in [1.82, 2.24) is 14.7 Å². The van der Waals surface area contributed by atoms with Crippen LogP contribution in [-0.2, 0) is 16.0 Å². The van der Waals surface area contributed by atoms with Crippen LogP contribution in [0.4, 0.5) is 10.1 Å². The van der Waals surface area contributed by atoms with Crippen LogP contribution < -0.4 is 0 Å². The van der Waals surface area contributed by atoms with Crippen molar-refractivity contribution >= 4 is 23.1 Å². The number of morpholine rings is 1. The summed E-state index contributed by atoms with van der Waals surface area (Å²) in [5, 5.41) is 0. The lowest BCUT2D eigenvalue weighted by atomic mass is 9.95. The lowest BCUT2D eigenvalue weighted by Gasteiger charge is -2.41. The number of fused-ring (bicyclic) bond motifs is 1. The fourth-order valence-corrected chi connectivity index (χ4v) is 6.70. The molecule has 6 nitrogen and oxygen atoms in total. The summed E-state index contributed by atoms with van der Waals surface area (Å²) in [6.07, 6.45) is 9.05. The van der Waals surface area contributed by atoms with E-state index >= 15 is 0 Å². The molecule has 0 radical (unpaired) electrons. The number of alkyl halides is 1. The summed E-state index contributed by atoms with van der Waals surface area (Å²) in [6, 6.07) is 24.5. The first-order valence-electron chi connectivity index (χ1n) is 17.2. The minimum Gasteiger partial charge on any atom is -0.379 e. The fraction of sp³-hybridized carbons (Fsp3) is 0.366. The number of aryl methyl sites for hydroxylation is 1. The summed E-state index contributed by atoms with van der Waals surface area (Å²) in [5.41, 5.74) is 6.77. The highest BCUT2D eigenvalue weighted by atomic mass is 19.1.